The summed E-state index contributed by atoms with van der Waals surface area (Å²) in [7, 11) is 0. The molecule has 7 heteroatoms. The Kier molecular flexibility index (Phi) is 5.71. The minimum absolute atomic E-state index is 0.0101. The molecule has 1 amide bonds. The fourth-order valence-electron chi connectivity index (χ4n) is 3.04. The van der Waals surface area contributed by atoms with Crippen LogP contribution in [0.25, 0.3) is 21.6 Å². The minimum Gasteiger partial charge on any atom is -0.376 e. The van der Waals surface area contributed by atoms with Gasteiger partial charge in [-0.3, -0.25) is 4.79 Å². The van der Waals surface area contributed by atoms with Gasteiger partial charge in [0, 0.05) is 18.5 Å². The van der Waals surface area contributed by atoms with Crippen LogP contribution in [0, 0.1) is 0 Å². The molecule has 1 fully saturated rings. The topological polar surface area (TPSA) is 64.1 Å². The van der Waals surface area contributed by atoms with Crippen molar-refractivity contribution in [2.24, 2.45) is 0 Å². The maximum atomic E-state index is 12.5. The molecule has 2 atom stereocenters. The molecule has 0 bridgehead atoms. The van der Waals surface area contributed by atoms with Gasteiger partial charge in [-0.1, -0.05) is 36.0 Å². The van der Waals surface area contributed by atoms with Gasteiger partial charge in [0.2, 0.25) is 5.91 Å². The van der Waals surface area contributed by atoms with Crippen LogP contribution in [0.3, 0.4) is 0 Å². The Balaban J connectivity index is 1.54. The molecule has 0 saturated carbocycles. The highest BCUT2D eigenvalue weighted by atomic mass is 32.2. The number of fused-ring (bicyclic) bond motifs is 1. The maximum absolute atomic E-state index is 12.5. The lowest BCUT2D eigenvalue weighted by Crippen LogP contribution is -2.36. The highest BCUT2D eigenvalue weighted by molar-refractivity contribution is 8.00. The zero-order chi connectivity index (χ0) is 18.6. The van der Waals surface area contributed by atoms with Crippen LogP contribution in [0.5, 0.6) is 0 Å². The molecule has 1 aliphatic heterocycles. The normalized spacial score (nSPS) is 17.9. The molecular weight excluding hydrogens is 378 g/mol. The van der Waals surface area contributed by atoms with Crippen molar-refractivity contribution in [2.75, 3.05) is 13.2 Å². The molecule has 3 heterocycles. The number of ether oxygens (including phenoxy) is 1. The van der Waals surface area contributed by atoms with E-state index in [1.54, 1.807) is 11.3 Å². The van der Waals surface area contributed by atoms with Gasteiger partial charge in [0.25, 0.3) is 0 Å². The van der Waals surface area contributed by atoms with Crippen molar-refractivity contribution in [1.82, 2.24) is 15.3 Å². The molecule has 1 saturated heterocycles. The number of rotatable bonds is 6. The SMILES string of the molecule is C[C@H](Sc1nc(-c2cccs2)nc2ccccc12)C(=O)NC[C@H]1CCCO1. The smallest absolute Gasteiger partial charge is 0.233 e. The number of benzene rings is 1. The van der Waals surface area contributed by atoms with Crippen molar-refractivity contribution >= 4 is 39.9 Å². The third kappa shape index (κ3) is 4.31. The van der Waals surface area contributed by atoms with Crippen LogP contribution >= 0.6 is 23.1 Å². The van der Waals surface area contributed by atoms with E-state index in [2.05, 4.69) is 10.3 Å². The Morgan fingerprint density at radius 3 is 3.00 bits per heavy atom. The molecule has 4 rings (SSSR count). The van der Waals surface area contributed by atoms with Gasteiger partial charge in [-0.05, 0) is 37.3 Å². The molecular formula is C20H21N3O2S2. The number of thioether (sulfide) groups is 1. The minimum atomic E-state index is -0.249. The molecule has 3 aromatic rings. The van der Waals surface area contributed by atoms with Crippen LogP contribution in [0.4, 0.5) is 0 Å². The van der Waals surface area contributed by atoms with Gasteiger partial charge in [-0.15, -0.1) is 11.3 Å². The molecule has 0 spiro atoms. The highest BCUT2D eigenvalue weighted by Gasteiger charge is 2.21. The van der Waals surface area contributed by atoms with Crippen molar-refractivity contribution < 1.29 is 9.53 Å². The summed E-state index contributed by atoms with van der Waals surface area (Å²) in [6, 6.07) is 11.9. The summed E-state index contributed by atoms with van der Waals surface area (Å²) in [4.78, 5) is 23.0. The summed E-state index contributed by atoms with van der Waals surface area (Å²) in [6.45, 7) is 3.29. The lowest BCUT2D eigenvalue weighted by Gasteiger charge is -2.15. The first-order chi connectivity index (χ1) is 13.2. The van der Waals surface area contributed by atoms with Gasteiger partial charge in [-0.25, -0.2) is 9.97 Å². The van der Waals surface area contributed by atoms with Gasteiger partial charge in [-0.2, -0.15) is 0 Å². The molecule has 1 aromatic carbocycles. The fraction of sp³-hybridized carbons (Fsp3) is 0.350. The molecule has 27 heavy (non-hydrogen) atoms. The number of amides is 1. The molecule has 5 nitrogen and oxygen atoms in total. The second kappa shape index (κ2) is 8.37. The number of hydrogen-bond acceptors (Lipinski definition) is 6. The summed E-state index contributed by atoms with van der Waals surface area (Å²) in [5.74, 6) is 0.717. The van der Waals surface area contributed by atoms with E-state index in [1.807, 2.05) is 48.7 Å². The number of carbonyl (C=O) groups excluding carboxylic acids is 1. The lowest BCUT2D eigenvalue weighted by molar-refractivity contribution is -0.120. The van der Waals surface area contributed by atoms with Crippen molar-refractivity contribution in [3.8, 4) is 10.7 Å². The van der Waals surface area contributed by atoms with Crippen LogP contribution in [0.15, 0.2) is 46.8 Å². The average Bonchev–Trinajstić information content (AvgIpc) is 3.39. The standard InChI is InChI=1S/C20H21N3O2S2/c1-13(19(24)21-12-14-6-4-10-25-14)27-20-15-7-2-3-8-16(15)22-18(23-20)17-9-5-11-26-17/h2-3,5,7-9,11,13-14H,4,6,10,12H2,1H3,(H,21,24)/t13-,14+/m0/s1. The molecule has 1 aliphatic rings. The molecule has 2 aromatic heterocycles. The summed E-state index contributed by atoms with van der Waals surface area (Å²) < 4.78 is 5.58. The zero-order valence-electron chi connectivity index (χ0n) is 15.1. The second-order valence-electron chi connectivity index (χ2n) is 6.49. The van der Waals surface area contributed by atoms with Gasteiger partial charge in [0.1, 0.15) is 5.03 Å². The third-order valence-electron chi connectivity index (χ3n) is 4.50. The number of para-hydroxylation sites is 1. The van der Waals surface area contributed by atoms with Crippen LogP contribution in [-0.4, -0.2) is 40.4 Å². The molecule has 1 N–H and O–H groups in total. The molecule has 0 radical (unpaired) electrons. The van der Waals surface area contributed by atoms with Gasteiger partial charge >= 0.3 is 0 Å². The van der Waals surface area contributed by atoms with E-state index < -0.39 is 0 Å². The van der Waals surface area contributed by atoms with Crippen LogP contribution in [-0.2, 0) is 9.53 Å². The first kappa shape index (κ1) is 18.4. The fourth-order valence-corrected chi connectivity index (χ4v) is 4.66. The van der Waals surface area contributed by atoms with Crippen molar-refractivity contribution in [3.63, 3.8) is 0 Å². The van der Waals surface area contributed by atoms with E-state index in [9.17, 15) is 4.79 Å². The summed E-state index contributed by atoms with van der Waals surface area (Å²) in [6.07, 6.45) is 2.24. The highest BCUT2D eigenvalue weighted by Crippen LogP contribution is 2.32. The zero-order valence-corrected chi connectivity index (χ0v) is 16.7. The molecule has 0 unspecified atom stereocenters. The van der Waals surface area contributed by atoms with Crippen LogP contribution in [0.2, 0.25) is 0 Å². The Hall–Kier alpha value is -1.96. The third-order valence-corrected chi connectivity index (χ3v) is 6.46. The Labute approximate surface area is 166 Å². The van der Waals surface area contributed by atoms with Crippen LogP contribution < -0.4 is 5.32 Å². The number of thiophene rings is 1. The van der Waals surface area contributed by atoms with E-state index >= 15 is 0 Å². The number of aromatic nitrogens is 2. The Morgan fingerprint density at radius 2 is 2.22 bits per heavy atom. The first-order valence-electron chi connectivity index (χ1n) is 9.07. The lowest BCUT2D eigenvalue weighted by atomic mass is 10.2. The number of nitrogens with one attached hydrogen (secondary N) is 1. The van der Waals surface area contributed by atoms with E-state index in [4.69, 9.17) is 9.72 Å². The van der Waals surface area contributed by atoms with Gasteiger partial charge in [0.05, 0.1) is 21.7 Å². The van der Waals surface area contributed by atoms with E-state index in [-0.39, 0.29) is 17.3 Å². The maximum Gasteiger partial charge on any atom is 0.233 e. The van der Waals surface area contributed by atoms with Crippen molar-refractivity contribution in [1.29, 1.82) is 0 Å². The van der Waals surface area contributed by atoms with E-state index in [1.165, 1.54) is 11.8 Å². The number of hydrogen-bond donors (Lipinski definition) is 1. The van der Waals surface area contributed by atoms with Gasteiger partial charge in [0.15, 0.2) is 5.82 Å². The summed E-state index contributed by atoms with van der Waals surface area (Å²) in [5.41, 5.74) is 0.894. The summed E-state index contributed by atoms with van der Waals surface area (Å²) in [5, 5.41) is 6.59. The molecule has 0 aliphatic carbocycles. The Bertz CT molecular complexity index is 924. The average molecular weight is 400 g/mol. The Morgan fingerprint density at radius 1 is 1.33 bits per heavy atom. The predicted octanol–water partition coefficient (Wildman–Crippen LogP) is 4.13. The van der Waals surface area contributed by atoms with Crippen molar-refractivity contribution in [2.45, 2.75) is 36.1 Å². The van der Waals surface area contributed by atoms with Crippen LogP contribution in [0.1, 0.15) is 19.8 Å². The quantitative estimate of drug-likeness (QED) is 0.499. The largest absolute Gasteiger partial charge is 0.376 e. The number of carbonyl (C=O) groups is 1. The van der Waals surface area contributed by atoms with Crippen molar-refractivity contribution in [3.05, 3.63) is 41.8 Å². The van der Waals surface area contributed by atoms with E-state index in [0.29, 0.717) is 12.4 Å². The second-order valence-corrected chi connectivity index (χ2v) is 8.76. The summed E-state index contributed by atoms with van der Waals surface area (Å²) >= 11 is 3.09. The van der Waals surface area contributed by atoms with E-state index in [0.717, 1.165) is 40.3 Å². The molecule has 140 valence electrons. The monoisotopic (exact) mass is 399 g/mol. The van der Waals surface area contributed by atoms with Gasteiger partial charge < -0.3 is 10.1 Å². The number of nitrogens with zero attached hydrogens (tertiary/aromatic N) is 2. The predicted molar refractivity (Wildman–Crippen MR) is 110 cm³/mol. The first-order valence-corrected chi connectivity index (χ1v) is 10.8.